The van der Waals surface area contributed by atoms with E-state index in [4.69, 9.17) is 9.47 Å². The molecule has 0 spiro atoms. The summed E-state index contributed by atoms with van der Waals surface area (Å²) in [5.74, 6) is 1.47. The Hall–Kier alpha value is -2.25. The van der Waals surface area contributed by atoms with Crippen molar-refractivity contribution in [2.24, 2.45) is 0 Å². The third-order valence-electron chi connectivity index (χ3n) is 5.04. The molecule has 2 aliphatic rings. The van der Waals surface area contributed by atoms with Gasteiger partial charge < -0.3 is 20.1 Å². The van der Waals surface area contributed by atoms with E-state index >= 15 is 0 Å². The summed E-state index contributed by atoms with van der Waals surface area (Å²) in [6, 6.07) is 7.49. The summed E-state index contributed by atoms with van der Waals surface area (Å²) in [4.78, 5) is 13.2. The molecule has 1 aromatic carbocycles. The van der Waals surface area contributed by atoms with E-state index in [0.29, 0.717) is 12.8 Å². The van der Waals surface area contributed by atoms with E-state index in [1.165, 1.54) is 0 Å². The quantitative estimate of drug-likeness (QED) is 0.850. The lowest BCUT2D eigenvalue weighted by atomic mass is 9.87. The molecule has 1 unspecified atom stereocenters. The third-order valence-corrected chi connectivity index (χ3v) is 5.04. The number of hydrogen-bond donors (Lipinski definition) is 2. The number of halogens is 1. The van der Waals surface area contributed by atoms with Crippen LogP contribution in [0.2, 0.25) is 0 Å². The molecule has 1 fully saturated rings. The summed E-state index contributed by atoms with van der Waals surface area (Å²) in [6.07, 6.45) is 5.03. The van der Waals surface area contributed by atoms with Gasteiger partial charge in [-0.2, -0.15) is 5.10 Å². The second-order valence-electron chi connectivity index (χ2n) is 6.54. The van der Waals surface area contributed by atoms with Gasteiger partial charge in [-0.15, -0.1) is 12.4 Å². The molecule has 0 aliphatic carbocycles. The highest BCUT2D eigenvalue weighted by Crippen LogP contribution is 2.34. The van der Waals surface area contributed by atoms with Crippen LogP contribution < -0.4 is 20.1 Å². The minimum Gasteiger partial charge on any atom is -0.454 e. The molecule has 0 bridgehead atoms. The van der Waals surface area contributed by atoms with Crippen LogP contribution in [-0.2, 0) is 10.3 Å². The Labute approximate surface area is 158 Å². The number of ether oxygens (including phenoxy) is 2. The zero-order chi connectivity index (χ0) is 17.3. The molecule has 2 aromatic rings. The van der Waals surface area contributed by atoms with Gasteiger partial charge in [-0.05, 0) is 56.6 Å². The Kier molecular flexibility index (Phi) is 5.38. The van der Waals surface area contributed by atoms with Crippen LogP contribution in [0.4, 0.5) is 0 Å². The van der Waals surface area contributed by atoms with Crippen molar-refractivity contribution in [3.8, 4) is 11.5 Å². The molecule has 7 nitrogen and oxygen atoms in total. The standard InChI is InChI=1S/C18H22N4O3.ClH/c1-13(14-3-4-15-16(11-14)25-12-24-15)21-17(23)18(5-8-19-9-6-18)22-10-2-7-20-22;/h2-4,7,10-11,13,19H,5-6,8-9,12H2,1H3,(H,21,23);1H. The first-order valence-corrected chi connectivity index (χ1v) is 8.60. The predicted octanol–water partition coefficient (Wildman–Crippen LogP) is 1.99. The number of rotatable bonds is 4. The Morgan fingerprint density at radius 2 is 2.08 bits per heavy atom. The van der Waals surface area contributed by atoms with Crippen LogP contribution in [0.15, 0.2) is 36.7 Å². The molecular weight excluding hydrogens is 356 g/mol. The zero-order valence-electron chi connectivity index (χ0n) is 14.6. The second kappa shape index (κ2) is 7.55. The zero-order valence-corrected chi connectivity index (χ0v) is 15.4. The second-order valence-corrected chi connectivity index (χ2v) is 6.54. The van der Waals surface area contributed by atoms with Gasteiger partial charge in [0.1, 0.15) is 5.54 Å². The number of carbonyl (C=O) groups excluding carboxylic acids is 1. The van der Waals surface area contributed by atoms with Gasteiger partial charge in [-0.25, -0.2) is 0 Å². The molecule has 3 heterocycles. The molecule has 8 heteroatoms. The summed E-state index contributed by atoms with van der Waals surface area (Å²) in [5, 5.41) is 10.8. The first-order valence-electron chi connectivity index (χ1n) is 8.60. The number of carbonyl (C=O) groups is 1. The first-order chi connectivity index (χ1) is 12.2. The summed E-state index contributed by atoms with van der Waals surface area (Å²) in [5.41, 5.74) is 0.349. The Morgan fingerprint density at radius 1 is 1.31 bits per heavy atom. The fraction of sp³-hybridized carbons (Fsp3) is 0.444. The minimum atomic E-state index is -0.640. The van der Waals surface area contributed by atoms with Crippen LogP contribution in [0, 0.1) is 0 Å². The molecule has 2 N–H and O–H groups in total. The van der Waals surface area contributed by atoms with Crippen molar-refractivity contribution in [3.63, 3.8) is 0 Å². The number of amides is 1. The van der Waals surface area contributed by atoms with Crippen LogP contribution >= 0.6 is 12.4 Å². The van der Waals surface area contributed by atoms with Gasteiger partial charge in [0.25, 0.3) is 0 Å². The average Bonchev–Trinajstić information content (AvgIpc) is 3.33. The summed E-state index contributed by atoms with van der Waals surface area (Å²) in [6.45, 7) is 3.82. The van der Waals surface area contributed by atoms with Gasteiger partial charge in [0.15, 0.2) is 11.5 Å². The largest absolute Gasteiger partial charge is 0.454 e. The van der Waals surface area contributed by atoms with E-state index in [1.54, 1.807) is 10.9 Å². The van der Waals surface area contributed by atoms with Crippen LogP contribution in [-0.4, -0.2) is 35.6 Å². The highest BCUT2D eigenvalue weighted by atomic mass is 35.5. The van der Waals surface area contributed by atoms with Crippen molar-refractivity contribution in [1.29, 1.82) is 0 Å². The number of nitrogens with zero attached hydrogens (tertiary/aromatic N) is 2. The van der Waals surface area contributed by atoms with Gasteiger partial charge in [-0.1, -0.05) is 6.07 Å². The molecule has 1 amide bonds. The van der Waals surface area contributed by atoms with E-state index in [-0.39, 0.29) is 31.1 Å². The monoisotopic (exact) mass is 378 g/mol. The molecule has 0 radical (unpaired) electrons. The van der Waals surface area contributed by atoms with Crippen molar-refractivity contribution < 1.29 is 14.3 Å². The highest BCUT2D eigenvalue weighted by Gasteiger charge is 2.42. The molecule has 1 aromatic heterocycles. The lowest BCUT2D eigenvalue weighted by Gasteiger charge is -2.37. The Morgan fingerprint density at radius 3 is 2.81 bits per heavy atom. The summed E-state index contributed by atoms with van der Waals surface area (Å²) in [7, 11) is 0. The third kappa shape index (κ3) is 3.24. The fourth-order valence-corrected chi connectivity index (χ4v) is 3.52. The first kappa shape index (κ1) is 18.5. The van der Waals surface area contributed by atoms with Crippen LogP contribution in [0.3, 0.4) is 0 Å². The lowest BCUT2D eigenvalue weighted by Crippen LogP contribution is -2.55. The van der Waals surface area contributed by atoms with Crippen molar-refractivity contribution in [2.45, 2.75) is 31.3 Å². The number of hydrogen-bond acceptors (Lipinski definition) is 5. The topological polar surface area (TPSA) is 77.4 Å². The summed E-state index contributed by atoms with van der Waals surface area (Å²) < 4.78 is 12.6. The maximum atomic E-state index is 13.2. The molecule has 1 saturated heterocycles. The van der Waals surface area contributed by atoms with E-state index in [1.807, 2.05) is 37.4 Å². The number of nitrogens with one attached hydrogen (secondary N) is 2. The maximum absolute atomic E-state index is 13.2. The number of benzene rings is 1. The molecule has 140 valence electrons. The maximum Gasteiger partial charge on any atom is 0.248 e. The molecular formula is C18H23ClN4O3. The smallest absolute Gasteiger partial charge is 0.248 e. The molecule has 2 aliphatic heterocycles. The van der Waals surface area contributed by atoms with Crippen molar-refractivity contribution in [2.75, 3.05) is 19.9 Å². The molecule has 4 rings (SSSR count). The Balaban J connectivity index is 0.00000196. The lowest BCUT2D eigenvalue weighted by molar-refractivity contribution is -0.132. The van der Waals surface area contributed by atoms with Gasteiger partial charge in [0.05, 0.1) is 6.04 Å². The number of piperidine rings is 1. The van der Waals surface area contributed by atoms with Gasteiger partial charge in [0, 0.05) is 12.4 Å². The molecule has 0 saturated carbocycles. The fourth-order valence-electron chi connectivity index (χ4n) is 3.52. The summed E-state index contributed by atoms with van der Waals surface area (Å²) >= 11 is 0. The van der Waals surface area contributed by atoms with E-state index in [9.17, 15) is 4.79 Å². The molecule has 1 atom stereocenters. The number of fused-ring (bicyclic) bond motifs is 1. The van der Waals surface area contributed by atoms with Crippen molar-refractivity contribution >= 4 is 18.3 Å². The van der Waals surface area contributed by atoms with E-state index in [0.717, 1.165) is 30.2 Å². The van der Waals surface area contributed by atoms with Gasteiger partial charge in [-0.3, -0.25) is 9.48 Å². The molecule has 26 heavy (non-hydrogen) atoms. The minimum absolute atomic E-state index is 0. The SMILES string of the molecule is CC(NC(=O)C1(n2cccn2)CCNCC1)c1ccc2c(c1)OCO2.Cl. The normalized spacial score (nSPS) is 18.7. The van der Waals surface area contributed by atoms with E-state index in [2.05, 4.69) is 15.7 Å². The van der Waals surface area contributed by atoms with Gasteiger partial charge in [0.2, 0.25) is 12.7 Å². The number of aromatic nitrogens is 2. The van der Waals surface area contributed by atoms with E-state index < -0.39 is 5.54 Å². The Bertz CT molecular complexity index is 760. The average molecular weight is 379 g/mol. The predicted molar refractivity (Wildman–Crippen MR) is 98.7 cm³/mol. The van der Waals surface area contributed by atoms with Gasteiger partial charge >= 0.3 is 0 Å². The highest BCUT2D eigenvalue weighted by molar-refractivity contribution is 5.85. The van der Waals surface area contributed by atoms with Crippen molar-refractivity contribution in [1.82, 2.24) is 20.4 Å². The van der Waals surface area contributed by atoms with Crippen LogP contribution in [0.1, 0.15) is 31.4 Å². The van der Waals surface area contributed by atoms with Crippen LogP contribution in [0.5, 0.6) is 11.5 Å². The van der Waals surface area contributed by atoms with Crippen LogP contribution in [0.25, 0.3) is 0 Å². The van der Waals surface area contributed by atoms with Crippen molar-refractivity contribution in [3.05, 3.63) is 42.2 Å².